The van der Waals surface area contributed by atoms with E-state index < -0.39 is 6.10 Å². The summed E-state index contributed by atoms with van der Waals surface area (Å²) in [6, 6.07) is 24.8. The Bertz CT molecular complexity index is 1700. The molecule has 6 rings (SSSR count). The highest BCUT2D eigenvalue weighted by Crippen LogP contribution is 2.33. The van der Waals surface area contributed by atoms with E-state index in [0.29, 0.717) is 34.9 Å². The van der Waals surface area contributed by atoms with Gasteiger partial charge in [0.2, 0.25) is 0 Å². The summed E-state index contributed by atoms with van der Waals surface area (Å²) in [6.45, 7) is 2.78. The van der Waals surface area contributed by atoms with Gasteiger partial charge in [-0.05, 0) is 64.2 Å². The second-order valence-electron chi connectivity index (χ2n) is 10.1. The first-order chi connectivity index (χ1) is 20.0. The molecule has 1 aliphatic heterocycles. The zero-order chi connectivity index (χ0) is 28.3. The molecule has 0 spiro atoms. The third-order valence-corrected chi connectivity index (χ3v) is 7.84. The van der Waals surface area contributed by atoms with Crippen LogP contribution >= 0.6 is 15.9 Å². The van der Waals surface area contributed by atoms with E-state index in [1.54, 1.807) is 22.8 Å². The molecule has 1 unspecified atom stereocenters. The zero-order valence-corrected chi connectivity index (χ0v) is 24.0. The van der Waals surface area contributed by atoms with Gasteiger partial charge in [0.25, 0.3) is 0 Å². The number of carbonyl (C=O) groups excluding carboxylic acids is 1. The van der Waals surface area contributed by atoms with Crippen molar-refractivity contribution in [2.45, 2.75) is 32.4 Å². The predicted octanol–water partition coefficient (Wildman–Crippen LogP) is 6.45. The van der Waals surface area contributed by atoms with Crippen molar-refractivity contribution in [1.82, 2.24) is 14.6 Å². The lowest BCUT2D eigenvalue weighted by molar-refractivity contribution is -0.131. The van der Waals surface area contributed by atoms with Gasteiger partial charge >= 0.3 is 0 Å². The van der Waals surface area contributed by atoms with Crippen molar-refractivity contribution >= 4 is 33.2 Å². The minimum Gasteiger partial charge on any atom is -0.507 e. The van der Waals surface area contributed by atoms with E-state index in [1.807, 2.05) is 49.4 Å². The first-order valence-corrected chi connectivity index (χ1v) is 14.3. The maximum atomic E-state index is 13.0. The topological polar surface area (TPSA) is 98.0 Å². The number of benzene rings is 3. The Morgan fingerprint density at radius 1 is 1.07 bits per heavy atom. The summed E-state index contributed by atoms with van der Waals surface area (Å²) in [6.07, 6.45) is 2.65. The van der Waals surface area contributed by atoms with Crippen LogP contribution in [-0.2, 0) is 17.8 Å². The molecule has 8 nitrogen and oxygen atoms in total. The first-order valence-electron chi connectivity index (χ1n) is 13.5. The summed E-state index contributed by atoms with van der Waals surface area (Å²) in [5, 5.41) is 18.3. The van der Waals surface area contributed by atoms with E-state index in [-0.39, 0.29) is 24.1 Å². The Balaban J connectivity index is 1.08. The fourth-order valence-corrected chi connectivity index (χ4v) is 5.26. The lowest BCUT2D eigenvalue weighted by Gasteiger charge is -2.27. The number of aromatic nitrogens is 3. The smallest absolute Gasteiger partial charge is 0.191 e. The molecule has 1 aliphatic rings. The van der Waals surface area contributed by atoms with E-state index in [9.17, 15) is 9.90 Å². The number of aromatic hydroxyl groups is 1. The van der Waals surface area contributed by atoms with Gasteiger partial charge in [-0.1, -0.05) is 55.5 Å². The Morgan fingerprint density at radius 2 is 1.80 bits per heavy atom. The summed E-state index contributed by atoms with van der Waals surface area (Å²) in [4.78, 5) is 17.7. The molecule has 3 aromatic carbocycles. The van der Waals surface area contributed by atoms with E-state index in [4.69, 9.17) is 14.5 Å². The lowest BCUT2D eigenvalue weighted by atomic mass is 9.94. The van der Waals surface area contributed by atoms with Gasteiger partial charge in [-0.2, -0.15) is 9.61 Å². The van der Waals surface area contributed by atoms with Gasteiger partial charge in [0.15, 0.2) is 29.0 Å². The number of para-hydroxylation sites is 3. The van der Waals surface area contributed by atoms with Crippen LogP contribution in [0.3, 0.4) is 0 Å². The van der Waals surface area contributed by atoms with Crippen molar-refractivity contribution in [1.29, 1.82) is 0 Å². The van der Waals surface area contributed by atoms with Crippen LogP contribution in [0.4, 0.5) is 5.82 Å². The number of hydrogen-bond donors (Lipinski definition) is 2. The summed E-state index contributed by atoms with van der Waals surface area (Å²) in [5.41, 5.74) is 4.22. The zero-order valence-electron chi connectivity index (χ0n) is 22.5. The molecule has 5 aromatic rings. The Hall–Kier alpha value is -4.37. The third kappa shape index (κ3) is 5.76. The molecule has 0 amide bonds. The number of ether oxygens (including phenoxy) is 2. The van der Waals surface area contributed by atoms with Crippen molar-refractivity contribution < 1.29 is 19.4 Å². The first kappa shape index (κ1) is 26.8. The summed E-state index contributed by atoms with van der Waals surface area (Å²) >= 11 is 3.52. The molecule has 3 heterocycles. The molecule has 0 radical (unpaired) electrons. The molecule has 0 saturated carbocycles. The predicted molar refractivity (Wildman–Crippen MR) is 160 cm³/mol. The van der Waals surface area contributed by atoms with Crippen LogP contribution in [0, 0.1) is 5.92 Å². The van der Waals surface area contributed by atoms with Crippen molar-refractivity contribution in [2.75, 3.05) is 11.9 Å². The van der Waals surface area contributed by atoms with Gasteiger partial charge in [0.1, 0.15) is 18.2 Å². The Kier molecular flexibility index (Phi) is 7.61. The highest BCUT2D eigenvalue weighted by atomic mass is 79.9. The maximum Gasteiger partial charge on any atom is 0.191 e. The van der Waals surface area contributed by atoms with Gasteiger partial charge in [-0.3, -0.25) is 4.79 Å². The van der Waals surface area contributed by atoms with Gasteiger partial charge in [-0.15, -0.1) is 0 Å². The number of phenols is 1. The molecule has 208 valence electrons. The number of ketones is 1. The standard InChI is InChI=1S/C32H29BrN4O4/c1-20(31(39)29-19-40-27-8-4-5-9-28(27)41-29)10-11-21-12-14-22(15-13-21)17-34-30-16-25(23-6-2-3-7-26(23)38)36-32-24(33)18-35-37(30)32/h2-9,12-16,18,20,29,34,38H,10-11,17,19H2,1H3/t20-,29?/m0/s1. The van der Waals surface area contributed by atoms with Crippen molar-refractivity contribution in [2.24, 2.45) is 5.92 Å². The number of nitrogens with one attached hydrogen (secondary N) is 1. The molecular formula is C32H29BrN4O4. The number of nitrogens with zero attached hydrogens (tertiary/aromatic N) is 3. The minimum atomic E-state index is -0.574. The summed E-state index contributed by atoms with van der Waals surface area (Å²) in [5.74, 6) is 2.15. The van der Waals surface area contributed by atoms with Crippen molar-refractivity contribution in [3.63, 3.8) is 0 Å². The molecule has 2 N–H and O–H groups in total. The number of phenolic OH excluding ortho intramolecular Hbond substituents is 1. The van der Waals surface area contributed by atoms with E-state index >= 15 is 0 Å². The highest BCUT2D eigenvalue weighted by molar-refractivity contribution is 9.10. The minimum absolute atomic E-state index is 0.0671. The second kappa shape index (κ2) is 11.6. The van der Waals surface area contributed by atoms with E-state index in [0.717, 1.165) is 28.7 Å². The van der Waals surface area contributed by atoms with E-state index in [2.05, 4.69) is 50.6 Å². The number of anilines is 1. The SMILES string of the molecule is C[C@@H](CCc1ccc(CNc2cc(-c3ccccc3O)nc3c(Br)cnn23)cc1)C(=O)C1COc2ccccc2O1. The molecule has 0 aliphatic carbocycles. The quantitative estimate of drug-likeness (QED) is 0.197. The summed E-state index contributed by atoms with van der Waals surface area (Å²) < 4.78 is 14.1. The van der Waals surface area contributed by atoms with E-state index in [1.165, 1.54) is 5.56 Å². The van der Waals surface area contributed by atoms with Crippen LogP contribution in [0.1, 0.15) is 24.5 Å². The Labute approximate surface area is 246 Å². The molecule has 9 heteroatoms. The lowest BCUT2D eigenvalue weighted by Crippen LogP contribution is -2.39. The monoisotopic (exact) mass is 612 g/mol. The number of hydrogen-bond acceptors (Lipinski definition) is 7. The number of fused-ring (bicyclic) bond motifs is 2. The average Bonchev–Trinajstić information content (AvgIpc) is 3.39. The third-order valence-electron chi connectivity index (χ3n) is 7.28. The maximum absolute atomic E-state index is 13.0. The molecule has 41 heavy (non-hydrogen) atoms. The second-order valence-corrected chi connectivity index (χ2v) is 11.0. The van der Waals surface area contributed by atoms with Gasteiger partial charge in [0.05, 0.1) is 16.4 Å². The number of carbonyl (C=O) groups is 1. The Morgan fingerprint density at radius 3 is 2.61 bits per heavy atom. The highest BCUT2D eigenvalue weighted by Gasteiger charge is 2.30. The van der Waals surface area contributed by atoms with Crippen molar-refractivity contribution in [3.05, 3.63) is 101 Å². The van der Waals surface area contributed by atoms with Gasteiger partial charge in [0, 0.05) is 24.1 Å². The van der Waals surface area contributed by atoms with Crippen LogP contribution in [0.5, 0.6) is 17.2 Å². The van der Waals surface area contributed by atoms with Gasteiger partial charge < -0.3 is 19.9 Å². The molecule has 2 aromatic heterocycles. The fraction of sp³-hybridized carbons (Fsp3) is 0.219. The number of aryl methyl sites for hydroxylation is 1. The average molecular weight is 614 g/mol. The normalized spacial score (nSPS) is 15.0. The van der Waals surface area contributed by atoms with Crippen LogP contribution in [-0.4, -0.2) is 38.2 Å². The van der Waals surface area contributed by atoms with Gasteiger partial charge in [-0.25, -0.2) is 4.98 Å². The molecule has 0 bridgehead atoms. The van der Waals surface area contributed by atoms with Crippen LogP contribution in [0.15, 0.2) is 89.5 Å². The molecule has 0 fully saturated rings. The molecule has 0 saturated heterocycles. The molecule has 2 atom stereocenters. The molecular weight excluding hydrogens is 584 g/mol. The van der Waals surface area contributed by atoms with Crippen LogP contribution < -0.4 is 14.8 Å². The summed E-state index contributed by atoms with van der Waals surface area (Å²) in [7, 11) is 0. The van der Waals surface area contributed by atoms with Crippen molar-refractivity contribution in [3.8, 4) is 28.5 Å². The number of Topliss-reactive ketones (excluding diaryl/α,β-unsaturated/α-hetero) is 1. The number of halogens is 1. The van der Waals surface area contributed by atoms with Crippen LogP contribution in [0.2, 0.25) is 0 Å². The largest absolute Gasteiger partial charge is 0.507 e. The number of rotatable bonds is 9. The fourth-order valence-electron chi connectivity index (χ4n) is 4.91. The van der Waals surface area contributed by atoms with Crippen LogP contribution in [0.25, 0.3) is 16.9 Å².